The number of Topliss-reactive ketones (excluding diaryl/α,β-unsaturated/α-hetero) is 1. The summed E-state index contributed by atoms with van der Waals surface area (Å²) in [4.78, 5) is 14.7. The van der Waals surface area contributed by atoms with Crippen molar-refractivity contribution in [1.29, 1.82) is 0 Å². The maximum atomic E-state index is 12.2. The minimum absolute atomic E-state index is 0. The SMILES string of the molecule is Br.O=C(C(=S)NCCCN1CCOCC1)c1ccc(Cl)c(Cl)c1. The van der Waals surface area contributed by atoms with Crippen molar-refractivity contribution in [3.05, 3.63) is 33.8 Å². The normalized spacial score (nSPS) is 14.9. The standard InChI is InChI=1S/C15H18Cl2N2O2S.BrH/c16-12-3-2-11(10-13(12)17)14(20)15(22)18-4-1-5-19-6-8-21-9-7-19;/h2-3,10H,1,4-9H2,(H,18,22);1H. The van der Waals surface area contributed by atoms with Gasteiger partial charge < -0.3 is 10.1 Å². The topological polar surface area (TPSA) is 41.6 Å². The second-order valence-electron chi connectivity index (χ2n) is 5.02. The maximum absolute atomic E-state index is 12.2. The molecule has 0 aliphatic carbocycles. The van der Waals surface area contributed by atoms with Crippen LogP contribution in [0, 0.1) is 0 Å². The van der Waals surface area contributed by atoms with Crippen LogP contribution in [0.2, 0.25) is 10.0 Å². The molecule has 1 aromatic rings. The van der Waals surface area contributed by atoms with E-state index < -0.39 is 0 Å². The summed E-state index contributed by atoms with van der Waals surface area (Å²) in [6.45, 7) is 5.16. The van der Waals surface area contributed by atoms with Crippen molar-refractivity contribution in [2.24, 2.45) is 0 Å². The number of halogens is 3. The van der Waals surface area contributed by atoms with Gasteiger partial charge in [-0.05, 0) is 31.2 Å². The zero-order valence-electron chi connectivity index (χ0n) is 12.5. The molecule has 1 N–H and O–H groups in total. The maximum Gasteiger partial charge on any atom is 0.220 e. The quantitative estimate of drug-likeness (QED) is 0.416. The minimum atomic E-state index is -0.236. The van der Waals surface area contributed by atoms with Gasteiger partial charge in [0.25, 0.3) is 0 Å². The minimum Gasteiger partial charge on any atom is -0.379 e. The molecule has 1 aromatic carbocycles. The van der Waals surface area contributed by atoms with E-state index in [1.54, 1.807) is 12.1 Å². The van der Waals surface area contributed by atoms with E-state index >= 15 is 0 Å². The molecule has 8 heteroatoms. The number of hydrogen-bond donors (Lipinski definition) is 1. The lowest BCUT2D eigenvalue weighted by molar-refractivity contribution is 0.0376. The predicted octanol–water partition coefficient (Wildman–Crippen LogP) is 3.39. The van der Waals surface area contributed by atoms with Crippen LogP contribution in [0.25, 0.3) is 0 Å². The first-order valence-corrected chi connectivity index (χ1v) is 8.32. The Labute approximate surface area is 162 Å². The number of carbonyl (C=O) groups is 1. The molecule has 1 aliphatic heterocycles. The second kappa shape index (κ2) is 10.6. The van der Waals surface area contributed by atoms with Crippen molar-refractivity contribution >= 4 is 63.2 Å². The Morgan fingerprint density at radius 1 is 1.26 bits per heavy atom. The van der Waals surface area contributed by atoms with Crippen molar-refractivity contribution in [3.63, 3.8) is 0 Å². The van der Waals surface area contributed by atoms with E-state index in [0.29, 0.717) is 22.2 Å². The van der Waals surface area contributed by atoms with Gasteiger partial charge in [-0.25, -0.2) is 0 Å². The average molecular weight is 442 g/mol. The lowest BCUT2D eigenvalue weighted by Crippen LogP contribution is -2.38. The van der Waals surface area contributed by atoms with Crippen LogP contribution in [-0.4, -0.2) is 55.1 Å². The van der Waals surface area contributed by atoms with E-state index in [0.717, 1.165) is 39.3 Å². The number of ketones is 1. The third-order valence-electron chi connectivity index (χ3n) is 3.43. The molecule has 0 saturated carbocycles. The fourth-order valence-corrected chi connectivity index (χ4v) is 2.70. The monoisotopic (exact) mass is 440 g/mol. The number of carbonyl (C=O) groups excluding carboxylic acids is 1. The van der Waals surface area contributed by atoms with E-state index in [1.807, 2.05) is 0 Å². The number of benzene rings is 1. The first kappa shape index (κ1) is 20.8. The highest BCUT2D eigenvalue weighted by Gasteiger charge is 2.14. The molecule has 0 bridgehead atoms. The van der Waals surface area contributed by atoms with Crippen molar-refractivity contribution in [1.82, 2.24) is 10.2 Å². The molecule has 1 fully saturated rings. The zero-order chi connectivity index (χ0) is 15.9. The van der Waals surface area contributed by atoms with Crippen molar-refractivity contribution < 1.29 is 9.53 Å². The van der Waals surface area contributed by atoms with Gasteiger partial charge in [0.05, 0.1) is 23.3 Å². The van der Waals surface area contributed by atoms with Crippen molar-refractivity contribution in [2.45, 2.75) is 6.42 Å². The van der Waals surface area contributed by atoms with Crippen LogP contribution in [-0.2, 0) is 4.74 Å². The molecule has 0 radical (unpaired) electrons. The molecule has 0 aromatic heterocycles. The fourth-order valence-electron chi connectivity index (χ4n) is 2.18. The summed E-state index contributed by atoms with van der Waals surface area (Å²) >= 11 is 16.9. The number of hydrogen-bond acceptors (Lipinski definition) is 4. The summed E-state index contributed by atoms with van der Waals surface area (Å²) in [5, 5.41) is 3.77. The first-order valence-electron chi connectivity index (χ1n) is 7.15. The molecular weight excluding hydrogens is 423 g/mol. The molecule has 1 aliphatic rings. The molecule has 23 heavy (non-hydrogen) atoms. The highest BCUT2D eigenvalue weighted by molar-refractivity contribution is 8.93. The summed E-state index contributed by atoms with van der Waals surface area (Å²) in [5.41, 5.74) is 0.445. The van der Waals surface area contributed by atoms with Gasteiger partial charge >= 0.3 is 0 Å². The molecule has 128 valence electrons. The Morgan fingerprint density at radius 3 is 2.61 bits per heavy atom. The molecule has 1 saturated heterocycles. The van der Waals surface area contributed by atoms with Crippen LogP contribution in [0.4, 0.5) is 0 Å². The number of rotatable bonds is 6. The van der Waals surface area contributed by atoms with Crippen molar-refractivity contribution in [3.8, 4) is 0 Å². The third kappa shape index (κ3) is 6.64. The van der Waals surface area contributed by atoms with Crippen LogP contribution in [0.3, 0.4) is 0 Å². The van der Waals surface area contributed by atoms with Gasteiger partial charge in [0.2, 0.25) is 5.78 Å². The fraction of sp³-hybridized carbons (Fsp3) is 0.467. The largest absolute Gasteiger partial charge is 0.379 e. The Kier molecular flexibility index (Phi) is 9.58. The van der Waals surface area contributed by atoms with Crippen LogP contribution in [0.1, 0.15) is 16.8 Å². The van der Waals surface area contributed by atoms with Crippen LogP contribution in [0.5, 0.6) is 0 Å². The molecular formula is C15H19BrCl2N2O2S. The average Bonchev–Trinajstić information content (AvgIpc) is 2.54. The Balaban J connectivity index is 0.00000264. The summed E-state index contributed by atoms with van der Waals surface area (Å²) < 4.78 is 5.30. The predicted molar refractivity (Wildman–Crippen MR) is 104 cm³/mol. The smallest absolute Gasteiger partial charge is 0.220 e. The molecule has 4 nitrogen and oxygen atoms in total. The van der Waals surface area contributed by atoms with Crippen LogP contribution >= 0.6 is 52.4 Å². The van der Waals surface area contributed by atoms with Gasteiger partial charge in [0.15, 0.2) is 0 Å². The molecule has 0 atom stereocenters. The zero-order valence-corrected chi connectivity index (χ0v) is 16.6. The molecule has 0 amide bonds. The van der Waals surface area contributed by atoms with Crippen molar-refractivity contribution in [2.75, 3.05) is 39.4 Å². The van der Waals surface area contributed by atoms with E-state index in [2.05, 4.69) is 10.2 Å². The highest BCUT2D eigenvalue weighted by atomic mass is 79.9. The summed E-state index contributed by atoms with van der Waals surface area (Å²) in [7, 11) is 0. The molecule has 1 heterocycles. The summed E-state index contributed by atoms with van der Waals surface area (Å²) in [6.07, 6.45) is 0.925. The third-order valence-corrected chi connectivity index (χ3v) is 4.50. The number of nitrogens with zero attached hydrogens (tertiary/aromatic N) is 1. The van der Waals surface area contributed by atoms with Gasteiger partial charge in [-0.2, -0.15) is 0 Å². The van der Waals surface area contributed by atoms with Gasteiger partial charge in [-0.1, -0.05) is 35.4 Å². The number of thiocarbonyl (C=S) groups is 1. The summed E-state index contributed by atoms with van der Waals surface area (Å²) in [6, 6.07) is 4.75. The van der Waals surface area contributed by atoms with E-state index in [-0.39, 0.29) is 27.8 Å². The lowest BCUT2D eigenvalue weighted by Gasteiger charge is -2.26. The van der Waals surface area contributed by atoms with Crippen LogP contribution in [0.15, 0.2) is 18.2 Å². The number of ether oxygens (including phenoxy) is 1. The summed E-state index contributed by atoms with van der Waals surface area (Å²) in [5.74, 6) is -0.236. The van der Waals surface area contributed by atoms with Gasteiger partial charge in [0, 0.05) is 25.2 Å². The second-order valence-corrected chi connectivity index (χ2v) is 6.24. The number of nitrogens with one attached hydrogen (secondary N) is 1. The Bertz CT molecular complexity index is 554. The van der Waals surface area contributed by atoms with E-state index in [1.165, 1.54) is 6.07 Å². The van der Waals surface area contributed by atoms with Gasteiger partial charge in [-0.3, -0.25) is 9.69 Å². The number of morpholine rings is 1. The lowest BCUT2D eigenvalue weighted by atomic mass is 10.1. The highest BCUT2D eigenvalue weighted by Crippen LogP contribution is 2.22. The molecule has 0 unspecified atom stereocenters. The van der Waals surface area contributed by atoms with Crippen LogP contribution < -0.4 is 5.32 Å². The first-order chi connectivity index (χ1) is 10.6. The van der Waals surface area contributed by atoms with Gasteiger partial charge in [-0.15, -0.1) is 17.0 Å². The van der Waals surface area contributed by atoms with E-state index in [4.69, 9.17) is 40.2 Å². The Morgan fingerprint density at radius 2 is 1.96 bits per heavy atom. The van der Waals surface area contributed by atoms with Gasteiger partial charge in [0.1, 0.15) is 4.99 Å². The molecule has 2 rings (SSSR count). The van der Waals surface area contributed by atoms with E-state index in [9.17, 15) is 4.79 Å². The molecule has 0 spiro atoms. The Hall–Kier alpha value is -0.240.